The molecule has 8 nitrogen and oxygen atoms in total. The lowest BCUT2D eigenvalue weighted by atomic mass is 10.3. The highest BCUT2D eigenvalue weighted by atomic mass is 16.2. The Kier molecular flexibility index (Phi) is 4.23. The highest BCUT2D eigenvalue weighted by molar-refractivity contribution is 5.75. The third-order valence-corrected chi connectivity index (χ3v) is 3.10. The Labute approximate surface area is 131 Å². The maximum absolute atomic E-state index is 12.0. The number of hydrogen-bond acceptors (Lipinski definition) is 5. The molecule has 0 aliphatic heterocycles. The van der Waals surface area contributed by atoms with Crippen molar-refractivity contribution >= 4 is 5.91 Å². The molecule has 0 fully saturated rings. The molecule has 23 heavy (non-hydrogen) atoms. The Balaban J connectivity index is 1.68. The molecule has 0 bridgehead atoms. The lowest BCUT2D eigenvalue weighted by molar-refractivity contribution is -0.122. The van der Waals surface area contributed by atoms with Crippen LogP contribution in [0.2, 0.25) is 0 Å². The van der Waals surface area contributed by atoms with Crippen molar-refractivity contribution in [3.8, 4) is 5.82 Å². The molecule has 0 aliphatic rings. The Morgan fingerprint density at radius 2 is 2.09 bits per heavy atom. The molecule has 3 aromatic heterocycles. The maximum atomic E-state index is 12.0. The number of amides is 1. The van der Waals surface area contributed by atoms with E-state index in [1.807, 2.05) is 6.07 Å². The van der Waals surface area contributed by atoms with Gasteiger partial charge in [-0.2, -0.15) is 5.10 Å². The monoisotopic (exact) mass is 310 g/mol. The van der Waals surface area contributed by atoms with Crippen LogP contribution >= 0.6 is 0 Å². The minimum Gasteiger partial charge on any atom is -0.350 e. The van der Waals surface area contributed by atoms with E-state index in [1.54, 1.807) is 43.0 Å². The van der Waals surface area contributed by atoms with Crippen LogP contribution in [0.15, 0.2) is 59.9 Å². The number of nitrogens with zero attached hydrogens (tertiary/aromatic N) is 5. The summed E-state index contributed by atoms with van der Waals surface area (Å²) < 4.78 is 2.62. The van der Waals surface area contributed by atoms with Gasteiger partial charge in [-0.05, 0) is 23.8 Å². The first-order valence-corrected chi connectivity index (χ1v) is 6.96. The topological polar surface area (TPSA) is 94.7 Å². The van der Waals surface area contributed by atoms with E-state index in [2.05, 4.69) is 20.5 Å². The first kappa shape index (κ1) is 14.6. The molecular weight excluding hydrogens is 296 g/mol. The molecule has 0 aliphatic carbocycles. The second-order valence-electron chi connectivity index (χ2n) is 4.78. The summed E-state index contributed by atoms with van der Waals surface area (Å²) in [7, 11) is 0. The molecule has 3 heterocycles. The number of carbonyl (C=O) groups is 1. The Morgan fingerprint density at radius 3 is 2.83 bits per heavy atom. The van der Waals surface area contributed by atoms with Crippen molar-refractivity contribution in [2.24, 2.45) is 0 Å². The quantitative estimate of drug-likeness (QED) is 0.723. The lowest BCUT2D eigenvalue weighted by Crippen LogP contribution is -2.33. The smallest absolute Gasteiger partial charge is 0.267 e. The predicted molar refractivity (Wildman–Crippen MR) is 81.7 cm³/mol. The fraction of sp³-hybridized carbons (Fsp3) is 0.133. The number of pyridine rings is 1. The summed E-state index contributed by atoms with van der Waals surface area (Å²) in [6, 6.07) is 8.31. The van der Waals surface area contributed by atoms with Crippen LogP contribution in [0, 0.1) is 0 Å². The molecule has 3 aromatic rings. The zero-order valence-corrected chi connectivity index (χ0v) is 12.2. The average molecular weight is 310 g/mol. The first-order valence-electron chi connectivity index (χ1n) is 6.96. The summed E-state index contributed by atoms with van der Waals surface area (Å²) in [4.78, 5) is 27.8. The predicted octanol–water partition coefficient (Wildman–Crippen LogP) is 0.140. The van der Waals surface area contributed by atoms with Crippen LogP contribution in [0.5, 0.6) is 0 Å². The molecule has 8 heteroatoms. The fourth-order valence-electron chi connectivity index (χ4n) is 1.97. The van der Waals surface area contributed by atoms with Crippen LogP contribution in [0.1, 0.15) is 5.56 Å². The van der Waals surface area contributed by atoms with Gasteiger partial charge in [-0.25, -0.2) is 9.36 Å². The molecule has 1 N–H and O–H groups in total. The van der Waals surface area contributed by atoms with Crippen LogP contribution in [-0.2, 0) is 17.9 Å². The molecule has 0 atom stereocenters. The summed E-state index contributed by atoms with van der Waals surface area (Å²) in [6.45, 7) is 0.189. The second kappa shape index (κ2) is 6.65. The number of aromatic nitrogens is 5. The maximum Gasteiger partial charge on any atom is 0.267 e. The normalized spacial score (nSPS) is 10.4. The van der Waals surface area contributed by atoms with E-state index >= 15 is 0 Å². The van der Waals surface area contributed by atoms with Gasteiger partial charge in [0.05, 0.1) is 0 Å². The Hall–Kier alpha value is -3.29. The molecule has 0 saturated carbocycles. The van der Waals surface area contributed by atoms with Crippen LogP contribution in [0.3, 0.4) is 0 Å². The van der Waals surface area contributed by atoms with E-state index in [9.17, 15) is 9.59 Å². The Bertz CT molecular complexity index is 842. The van der Waals surface area contributed by atoms with Gasteiger partial charge < -0.3 is 5.32 Å². The largest absolute Gasteiger partial charge is 0.350 e. The summed E-state index contributed by atoms with van der Waals surface area (Å²) in [6.07, 6.45) is 6.65. The fourth-order valence-corrected chi connectivity index (χ4v) is 1.97. The number of carbonyl (C=O) groups excluding carboxylic acids is 1. The van der Waals surface area contributed by atoms with Gasteiger partial charge in [0.25, 0.3) is 5.56 Å². The summed E-state index contributed by atoms with van der Waals surface area (Å²) >= 11 is 0. The minimum absolute atomic E-state index is 0.159. The van der Waals surface area contributed by atoms with Gasteiger partial charge >= 0.3 is 0 Å². The molecule has 116 valence electrons. The van der Waals surface area contributed by atoms with Crippen molar-refractivity contribution in [3.05, 3.63) is 71.0 Å². The van der Waals surface area contributed by atoms with Gasteiger partial charge in [0, 0.05) is 37.4 Å². The summed E-state index contributed by atoms with van der Waals surface area (Å²) in [5.74, 6) is 0.163. The highest BCUT2D eigenvalue weighted by Crippen LogP contribution is 1.98. The first-order chi connectivity index (χ1) is 11.2. The third-order valence-electron chi connectivity index (χ3n) is 3.10. The van der Waals surface area contributed by atoms with Gasteiger partial charge in [0.15, 0.2) is 5.82 Å². The molecule has 0 saturated heterocycles. The van der Waals surface area contributed by atoms with Crippen LogP contribution in [0.25, 0.3) is 5.82 Å². The van der Waals surface area contributed by atoms with Crippen molar-refractivity contribution in [2.75, 3.05) is 0 Å². The highest BCUT2D eigenvalue weighted by Gasteiger charge is 2.08. The molecule has 0 unspecified atom stereocenters. The van der Waals surface area contributed by atoms with Crippen molar-refractivity contribution in [2.45, 2.75) is 13.1 Å². The van der Waals surface area contributed by atoms with E-state index in [1.165, 1.54) is 10.7 Å². The lowest BCUT2D eigenvalue weighted by Gasteiger charge is -2.08. The van der Waals surface area contributed by atoms with Crippen molar-refractivity contribution in [1.82, 2.24) is 29.9 Å². The van der Waals surface area contributed by atoms with Gasteiger partial charge in [-0.15, -0.1) is 5.10 Å². The average Bonchev–Trinajstić information content (AvgIpc) is 3.10. The van der Waals surface area contributed by atoms with Crippen LogP contribution in [0.4, 0.5) is 0 Å². The van der Waals surface area contributed by atoms with E-state index in [0.29, 0.717) is 12.4 Å². The van der Waals surface area contributed by atoms with E-state index < -0.39 is 0 Å². The van der Waals surface area contributed by atoms with Gasteiger partial charge in [0.2, 0.25) is 5.91 Å². The molecule has 3 rings (SSSR count). The molecular formula is C15H14N6O2. The summed E-state index contributed by atoms with van der Waals surface area (Å²) in [5, 5.41) is 10.9. The number of rotatable bonds is 5. The molecule has 0 spiro atoms. The van der Waals surface area contributed by atoms with Gasteiger partial charge in [-0.3, -0.25) is 14.6 Å². The van der Waals surface area contributed by atoms with Crippen molar-refractivity contribution in [1.29, 1.82) is 0 Å². The number of nitrogens with one attached hydrogen (secondary N) is 1. The van der Waals surface area contributed by atoms with Crippen LogP contribution in [-0.4, -0.2) is 30.5 Å². The van der Waals surface area contributed by atoms with Crippen molar-refractivity contribution < 1.29 is 4.79 Å². The molecule has 0 aromatic carbocycles. The van der Waals surface area contributed by atoms with Gasteiger partial charge in [0.1, 0.15) is 6.54 Å². The minimum atomic E-state index is -0.350. The zero-order chi connectivity index (χ0) is 16.1. The standard InChI is InChI=1S/C15H14N6O2/c22-14(17-10-12-3-1-6-16-9-12)11-21-15(23)5-4-13(19-21)20-8-2-7-18-20/h1-9H,10-11H2,(H,17,22). The van der Waals surface area contributed by atoms with E-state index in [-0.39, 0.29) is 18.0 Å². The van der Waals surface area contributed by atoms with Crippen LogP contribution < -0.4 is 10.9 Å². The van der Waals surface area contributed by atoms with E-state index in [0.717, 1.165) is 10.2 Å². The SMILES string of the molecule is O=C(Cn1nc(-n2cccn2)ccc1=O)NCc1cccnc1. The molecule has 1 amide bonds. The Morgan fingerprint density at radius 1 is 1.17 bits per heavy atom. The second-order valence-corrected chi connectivity index (χ2v) is 4.78. The summed E-state index contributed by atoms with van der Waals surface area (Å²) in [5.41, 5.74) is 0.531. The third kappa shape index (κ3) is 3.67. The van der Waals surface area contributed by atoms with E-state index in [4.69, 9.17) is 0 Å². The van der Waals surface area contributed by atoms with Gasteiger partial charge in [-0.1, -0.05) is 6.07 Å². The molecule has 0 radical (unpaired) electrons. The zero-order valence-electron chi connectivity index (χ0n) is 12.2. The van der Waals surface area contributed by atoms with Crippen molar-refractivity contribution in [3.63, 3.8) is 0 Å². The number of hydrogen-bond donors (Lipinski definition) is 1.